The molecule has 0 saturated heterocycles. The molecular formula is C15H25NO4S. The van der Waals surface area contributed by atoms with Crippen LogP contribution in [0.25, 0.3) is 0 Å². The number of sulfonamides is 1. The molecule has 6 heteroatoms. The molecule has 1 atom stereocenters. The Hall–Kier alpha value is -0.950. The van der Waals surface area contributed by atoms with E-state index < -0.39 is 16.1 Å². The minimum absolute atomic E-state index is 0.214. The number of likely N-dealkylation sites (N-methyl/N-ethyl adjacent to an activating group) is 1. The standard InChI is InChI=1S/C15H25NO4S/c1-4-15(17)13-8-7-9-14(12-13)21(18,19)16(5-2)10-11-20-6-3/h7-9,12,15,17H,4-6,10-11H2,1-3H3. The highest BCUT2D eigenvalue weighted by atomic mass is 32.2. The van der Waals surface area contributed by atoms with Crippen LogP contribution in [0.3, 0.4) is 0 Å². The van der Waals surface area contributed by atoms with Crippen molar-refractivity contribution in [1.82, 2.24) is 4.31 Å². The van der Waals surface area contributed by atoms with Crippen molar-refractivity contribution >= 4 is 10.0 Å². The molecule has 0 saturated carbocycles. The Balaban J connectivity index is 2.99. The van der Waals surface area contributed by atoms with E-state index in [1.807, 2.05) is 13.8 Å². The van der Waals surface area contributed by atoms with Gasteiger partial charge in [0.15, 0.2) is 0 Å². The smallest absolute Gasteiger partial charge is 0.243 e. The third kappa shape index (κ3) is 4.78. The first-order valence-corrected chi connectivity index (χ1v) is 8.77. The predicted octanol–water partition coefficient (Wildman–Crippen LogP) is 2.18. The monoisotopic (exact) mass is 315 g/mol. The summed E-state index contributed by atoms with van der Waals surface area (Å²) in [7, 11) is -3.55. The van der Waals surface area contributed by atoms with Crippen LogP contribution < -0.4 is 0 Å². The number of aliphatic hydroxyl groups excluding tert-OH is 1. The fourth-order valence-electron chi connectivity index (χ4n) is 2.03. The van der Waals surface area contributed by atoms with Crippen LogP contribution in [0.4, 0.5) is 0 Å². The molecular weight excluding hydrogens is 290 g/mol. The van der Waals surface area contributed by atoms with Gasteiger partial charge >= 0.3 is 0 Å². The molecule has 0 aliphatic heterocycles. The Morgan fingerprint density at radius 1 is 1.29 bits per heavy atom. The van der Waals surface area contributed by atoms with Crippen molar-refractivity contribution in [3.05, 3.63) is 29.8 Å². The summed E-state index contributed by atoms with van der Waals surface area (Å²) in [4.78, 5) is 0.214. The first-order chi connectivity index (χ1) is 9.97. The molecule has 0 radical (unpaired) electrons. The van der Waals surface area contributed by atoms with E-state index in [1.165, 1.54) is 4.31 Å². The average molecular weight is 315 g/mol. The van der Waals surface area contributed by atoms with Gasteiger partial charge in [-0.2, -0.15) is 4.31 Å². The van der Waals surface area contributed by atoms with Gasteiger partial charge in [-0.15, -0.1) is 0 Å². The van der Waals surface area contributed by atoms with E-state index >= 15 is 0 Å². The van der Waals surface area contributed by atoms with E-state index in [-0.39, 0.29) is 4.90 Å². The molecule has 1 N–H and O–H groups in total. The summed E-state index contributed by atoms with van der Waals surface area (Å²) in [5.74, 6) is 0. The molecule has 21 heavy (non-hydrogen) atoms. The van der Waals surface area contributed by atoms with E-state index in [4.69, 9.17) is 4.74 Å². The highest BCUT2D eigenvalue weighted by Crippen LogP contribution is 2.22. The summed E-state index contributed by atoms with van der Waals surface area (Å²) < 4.78 is 31.8. The molecule has 0 spiro atoms. The van der Waals surface area contributed by atoms with Gasteiger partial charge in [-0.25, -0.2) is 8.42 Å². The summed E-state index contributed by atoms with van der Waals surface area (Å²) in [6.07, 6.45) is -0.0932. The zero-order valence-electron chi connectivity index (χ0n) is 12.9. The zero-order chi connectivity index (χ0) is 15.9. The van der Waals surface area contributed by atoms with Gasteiger partial charge in [0, 0.05) is 19.7 Å². The molecule has 0 heterocycles. The summed E-state index contributed by atoms with van der Waals surface area (Å²) >= 11 is 0. The topological polar surface area (TPSA) is 66.8 Å². The average Bonchev–Trinajstić information content (AvgIpc) is 2.50. The lowest BCUT2D eigenvalue weighted by molar-refractivity contribution is 0.135. The van der Waals surface area contributed by atoms with Crippen LogP contribution in [-0.4, -0.2) is 44.1 Å². The number of benzene rings is 1. The minimum Gasteiger partial charge on any atom is -0.388 e. The van der Waals surface area contributed by atoms with Crippen molar-refractivity contribution in [1.29, 1.82) is 0 Å². The van der Waals surface area contributed by atoms with Crippen LogP contribution in [0.15, 0.2) is 29.2 Å². The van der Waals surface area contributed by atoms with Crippen molar-refractivity contribution in [3.8, 4) is 0 Å². The molecule has 0 bridgehead atoms. The maximum atomic E-state index is 12.6. The molecule has 0 aliphatic carbocycles. The fourth-order valence-corrected chi connectivity index (χ4v) is 3.51. The fraction of sp³-hybridized carbons (Fsp3) is 0.600. The Morgan fingerprint density at radius 2 is 2.00 bits per heavy atom. The third-order valence-corrected chi connectivity index (χ3v) is 5.28. The van der Waals surface area contributed by atoms with Crippen molar-refractivity contribution in [2.45, 2.75) is 38.2 Å². The maximum absolute atomic E-state index is 12.6. The second-order valence-corrected chi connectivity index (χ2v) is 6.63. The first kappa shape index (κ1) is 18.1. The SMILES string of the molecule is CCOCCN(CC)S(=O)(=O)c1cccc(C(O)CC)c1. The van der Waals surface area contributed by atoms with Gasteiger partial charge in [0.05, 0.1) is 17.6 Å². The number of hydrogen-bond donors (Lipinski definition) is 1. The first-order valence-electron chi connectivity index (χ1n) is 7.33. The molecule has 0 aliphatic rings. The van der Waals surface area contributed by atoms with Gasteiger partial charge in [0.1, 0.15) is 0 Å². The lowest BCUT2D eigenvalue weighted by Gasteiger charge is -2.21. The largest absolute Gasteiger partial charge is 0.388 e. The van der Waals surface area contributed by atoms with Gasteiger partial charge in [0.25, 0.3) is 0 Å². The van der Waals surface area contributed by atoms with Crippen LogP contribution in [0, 0.1) is 0 Å². The van der Waals surface area contributed by atoms with E-state index in [0.29, 0.717) is 38.3 Å². The minimum atomic E-state index is -3.55. The van der Waals surface area contributed by atoms with Crippen molar-refractivity contribution in [3.63, 3.8) is 0 Å². The Labute approximate surface area is 127 Å². The highest BCUT2D eigenvalue weighted by molar-refractivity contribution is 7.89. The number of hydrogen-bond acceptors (Lipinski definition) is 4. The van der Waals surface area contributed by atoms with Crippen molar-refractivity contribution < 1.29 is 18.3 Å². The lowest BCUT2D eigenvalue weighted by Crippen LogP contribution is -2.34. The van der Waals surface area contributed by atoms with Gasteiger partial charge < -0.3 is 9.84 Å². The number of rotatable bonds is 9. The summed E-state index contributed by atoms with van der Waals surface area (Å²) in [5.41, 5.74) is 0.624. The Morgan fingerprint density at radius 3 is 2.57 bits per heavy atom. The molecule has 0 amide bonds. The molecule has 1 aromatic rings. The lowest BCUT2D eigenvalue weighted by atomic mass is 10.1. The van der Waals surface area contributed by atoms with Crippen molar-refractivity contribution in [2.75, 3.05) is 26.3 Å². The van der Waals surface area contributed by atoms with Gasteiger partial charge in [-0.3, -0.25) is 0 Å². The number of ether oxygens (including phenoxy) is 1. The summed E-state index contributed by atoms with van der Waals surface area (Å²) in [5, 5.41) is 9.86. The normalized spacial score (nSPS) is 13.6. The van der Waals surface area contributed by atoms with Crippen LogP contribution >= 0.6 is 0 Å². The Bertz CT molecular complexity index is 530. The molecule has 120 valence electrons. The zero-order valence-corrected chi connectivity index (χ0v) is 13.8. The molecule has 5 nitrogen and oxygen atoms in total. The molecule has 1 unspecified atom stereocenters. The van der Waals surface area contributed by atoms with Gasteiger partial charge in [-0.1, -0.05) is 26.0 Å². The van der Waals surface area contributed by atoms with E-state index in [1.54, 1.807) is 31.2 Å². The quantitative estimate of drug-likeness (QED) is 0.709. The van der Waals surface area contributed by atoms with Crippen molar-refractivity contribution in [2.24, 2.45) is 0 Å². The van der Waals surface area contributed by atoms with E-state index in [2.05, 4.69) is 0 Å². The highest BCUT2D eigenvalue weighted by Gasteiger charge is 2.23. The molecule has 0 aromatic heterocycles. The molecule has 1 aromatic carbocycles. The third-order valence-electron chi connectivity index (χ3n) is 3.31. The van der Waals surface area contributed by atoms with Gasteiger partial charge in [-0.05, 0) is 31.0 Å². The summed E-state index contributed by atoms with van der Waals surface area (Å²) in [6.45, 7) is 7.18. The molecule has 0 fully saturated rings. The van der Waals surface area contributed by atoms with E-state index in [9.17, 15) is 13.5 Å². The van der Waals surface area contributed by atoms with Gasteiger partial charge in [0.2, 0.25) is 10.0 Å². The maximum Gasteiger partial charge on any atom is 0.243 e. The number of nitrogens with zero attached hydrogens (tertiary/aromatic N) is 1. The van der Waals surface area contributed by atoms with Crippen LogP contribution in [0.2, 0.25) is 0 Å². The summed E-state index contributed by atoms with van der Waals surface area (Å²) in [6, 6.07) is 6.51. The van der Waals surface area contributed by atoms with Crippen LogP contribution in [-0.2, 0) is 14.8 Å². The second-order valence-electron chi connectivity index (χ2n) is 4.69. The van der Waals surface area contributed by atoms with Crippen LogP contribution in [0.1, 0.15) is 38.9 Å². The van der Waals surface area contributed by atoms with E-state index in [0.717, 1.165) is 0 Å². The van der Waals surface area contributed by atoms with Crippen LogP contribution in [0.5, 0.6) is 0 Å². The number of aliphatic hydroxyl groups is 1. The molecule has 1 rings (SSSR count). The predicted molar refractivity (Wildman–Crippen MR) is 82.6 cm³/mol. The Kier molecular flexibility index (Phi) is 7.31. The second kappa shape index (κ2) is 8.48.